The molecule has 0 heterocycles. The SMILES string of the molecule is CS(=O)(=O)OC1CCCC1(CCCNC(=O)OCc1ccccc1)Cc1ccccc1. The molecule has 0 aliphatic heterocycles. The molecule has 2 aromatic rings. The van der Waals surface area contributed by atoms with Gasteiger partial charge < -0.3 is 10.1 Å². The number of carbonyl (C=O) groups excluding carboxylic acids is 1. The van der Waals surface area contributed by atoms with Crippen molar-refractivity contribution in [2.75, 3.05) is 12.8 Å². The van der Waals surface area contributed by atoms with Crippen molar-refractivity contribution in [2.45, 2.75) is 51.2 Å². The van der Waals surface area contributed by atoms with Crippen LogP contribution in [0.5, 0.6) is 0 Å². The van der Waals surface area contributed by atoms with Crippen molar-refractivity contribution in [1.29, 1.82) is 0 Å². The first kappa shape index (κ1) is 23.3. The zero-order valence-electron chi connectivity index (χ0n) is 18.0. The van der Waals surface area contributed by atoms with Gasteiger partial charge in [-0.1, -0.05) is 67.1 Å². The van der Waals surface area contributed by atoms with Crippen LogP contribution < -0.4 is 5.32 Å². The quantitative estimate of drug-likeness (QED) is 0.432. The maximum atomic E-state index is 12.0. The van der Waals surface area contributed by atoms with Gasteiger partial charge in [-0.15, -0.1) is 0 Å². The van der Waals surface area contributed by atoms with E-state index in [1.165, 1.54) is 5.56 Å². The van der Waals surface area contributed by atoms with Crippen LogP contribution in [0.15, 0.2) is 60.7 Å². The lowest BCUT2D eigenvalue weighted by Crippen LogP contribution is -2.37. The lowest BCUT2D eigenvalue weighted by atomic mass is 9.74. The van der Waals surface area contributed by atoms with Crippen LogP contribution in [0, 0.1) is 5.41 Å². The molecule has 2 aromatic carbocycles. The van der Waals surface area contributed by atoms with Gasteiger partial charge in [0.05, 0.1) is 12.4 Å². The van der Waals surface area contributed by atoms with E-state index < -0.39 is 16.2 Å². The van der Waals surface area contributed by atoms with E-state index in [4.69, 9.17) is 8.92 Å². The second-order valence-electron chi connectivity index (χ2n) is 8.30. The molecule has 3 rings (SSSR count). The Hall–Kier alpha value is -2.38. The molecule has 0 spiro atoms. The van der Waals surface area contributed by atoms with E-state index in [-0.39, 0.29) is 18.1 Å². The van der Waals surface area contributed by atoms with Crippen molar-refractivity contribution >= 4 is 16.2 Å². The standard InChI is InChI=1S/C24H31NO5S/c1-31(27,28)30-22-14-8-15-24(22,18-20-10-4-2-5-11-20)16-9-17-25-23(26)29-19-21-12-6-3-7-13-21/h2-7,10-13,22H,8-9,14-19H2,1H3,(H,25,26). The van der Waals surface area contributed by atoms with Crippen LogP contribution in [-0.4, -0.2) is 33.4 Å². The third-order valence-electron chi connectivity index (χ3n) is 5.85. The molecule has 6 nitrogen and oxygen atoms in total. The molecule has 2 atom stereocenters. The number of carbonyl (C=O) groups is 1. The van der Waals surface area contributed by atoms with E-state index in [0.717, 1.165) is 50.3 Å². The minimum atomic E-state index is -3.54. The molecular weight excluding hydrogens is 414 g/mol. The Balaban J connectivity index is 1.55. The smallest absolute Gasteiger partial charge is 0.407 e. The van der Waals surface area contributed by atoms with Crippen molar-refractivity contribution in [3.63, 3.8) is 0 Å². The van der Waals surface area contributed by atoms with E-state index in [2.05, 4.69) is 17.4 Å². The van der Waals surface area contributed by atoms with Crippen molar-refractivity contribution in [3.05, 3.63) is 71.8 Å². The van der Waals surface area contributed by atoms with Gasteiger partial charge in [-0.3, -0.25) is 4.18 Å². The first-order valence-electron chi connectivity index (χ1n) is 10.7. The van der Waals surface area contributed by atoms with E-state index in [1.54, 1.807) is 0 Å². The number of hydrogen-bond acceptors (Lipinski definition) is 5. The molecule has 0 aromatic heterocycles. The Labute approximate surface area is 185 Å². The number of amides is 1. The largest absolute Gasteiger partial charge is 0.445 e. The molecule has 1 aliphatic carbocycles. The maximum absolute atomic E-state index is 12.0. The number of nitrogens with one attached hydrogen (secondary N) is 1. The Morgan fingerprint density at radius 2 is 1.71 bits per heavy atom. The van der Waals surface area contributed by atoms with E-state index in [0.29, 0.717) is 6.54 Å². The number of hydrogen-bond donors (Lipinski definition) is 1. The van der Waals surface area contributed by atoms with Crippen LogP contribution in [0.2, 0.25) is 0 Å². The summed E-state index contributed by atoms with van der Waals surface area (Å²) in [6, 6.07) is 19.6. The first-order valence-corrected chi connectivity index (χ1v) is 12.5. The highest BCUT2D eigenvalue weighted by molar-refractivity contribution is 7.86. The molecule has 168 valence electrons. The van der Waals surface area contributed by atoms with Gasteiger partial charge >= 0.3 is 6.09 Å². The predicted octanol–water partition coefficient (Wildman–Crippen LogP) is 4.45. The van der Waals surface area contributed by atoms with Gasteiger partial charge in [0.15, 0.2) is 0 Å². The molecule has 1 amide bonds. The van der Waals surface area contributed by atoms with Gasteiger partial charge in [-0.05, 0) is 43.2 Å². The summed E-state index contributed by atoms with van der Waals surface area (Å²) in [7, 11) is -3.54. The fraction of sp³-hybridized carbons (Fsp3) is 0.458. The third kappa shape index (κ3) is 7.36. The highest BCUT2D eigenvalue weighted by Crippen LogP contribution is 2.47. The van der Waals surface area contributed by atoms with Crippen LogP contribution in [0.25, 0.3) is 0 Å². The summed E-state index contributed by atoms with van der Waals surface area (Å²) >= 11 is 0. The summed E-state index contributed by atoms with van der Waals surface area (Å²) in [5.41, 5.74) is 1.84. The molecule has 0 radical (unpaired) electrons. The lowest BCUT2D eigenvalue weighted by Gasteiger charge is -2.35. The average Bonchev–Trinajstić information content (AvgIpc) is 3.11. The zero-order chi connectivity index (χ0) is 22.2. The summed E-state index contributed by atoms with van der Waals surface area (Å²) in [6.07, 6.45) is 5.13. The molecule has 1 saturated carbocycles. The third-order valence-corrected chi connectivity index (χ3v) is 6.43. The van der Waals surface area contributed by atoms with Crippen LogP contribution >= 0.6 is 0 Å². The number of rotatable bonds is 10. The molecule has 0 saturated heterocycles. The molecule has 0 bridgehead atoms. The Morgan fingerprint density at radius 3 is 2.35 bits per heavy atom. The van der Waals surface area contributed by atoms with E-state index >= 15 is 0 Å². The van der Waals surface area contributed by atoms with Crippen molar-refractivity contribution in [1.82, 2.24) is 5.32 Å². The highest BCUT2D eigenvalue weighted by atomic mass is 32.2. The van der Waals surface area contributed by atoms with Crippen LogP contribution in [0.1, 0.15) is 43.2 Å². The van der Waals surface area contributed by atoms with Gasteiger partial charge in [-0.25, -0.2) is 4.79 Å². The lowest BCUT2D eigenvalue weighted by molar-refractivity contribution is 0.0707. The summed E-state index contributed by atoms with van der Waals surface area (Å²) in [6.45, 7) is 0.699. The van der Waals surface area contributed by atoms with Crippen molar-refractivity contribution < 1.29 is 22.1 Å². The summed E-state index contributed by atoms with van der Waals surface area (Å²) in [5.74, 6) is 0. The maximum Gasteiger partial charge on any atom is 0.407 e. The Bertz CT molecular complexity index is 933. The fourth-order valence-electron chi connectivity index (χ4n) is 4.45. The molecule has 1 fully saturated rings. The second-order valence-corrected chi connectivity index (χ2v) is 9.90. The molecule has 2 unspecified atom stereocenters. The monoisotopic (exact) mass is 445 g/mol. The summed E-state index contributed by atoms with van der Waals surface area (Å²) in [5, 5.41) is 2.80. The van der Waals surface area contributed by atoms with Crippen LogP contribution in [0.4, 0.5) is 4.79 Å². The summed E-state index contributed by atoms with van der Waals surface area (Å²) < 4.78 is 34.4. The molecular formula is C24H31NO5S. The molecule has 7 heteroatoms. The van der Waals surface area contributed by atoms with Gasteiger partial charge in [0.25, 0.3) is 10.1 Å². The predicted molar refractivity (Wildman–Crippen MR) is 120 cm³/mol. The van der Waals surface area contributed by atoms with Gasteiger partial charge in [0.1, 0.15) is 6.61 Å². The van der Waals surface area contributed by atoms with Crippen LogP contribution in [0.3, 0.4) is 0 Å². The molecule has 31 heavy (non-hydrogen) atoms. The first-order chi connectivity index (χ1) is 14.9. The Morgan fingerprint density at radius 1 is 1.06 bits per heavy atom. The highest BCUT2D eigenvalue weighted by Gasteiger charge is 2.44. The molecule has 1 aliphatic rings. The van der Waals surface area contributed by atoms with Gasteiger partial charge in [-0.2, -0.15) is 8.42 Å². The molecule has 1 N–H and O–H groups in total. The van der Waals surface area contributed by atoms with Gasteiger partial charge in [0.2, 0.25) is 0 Å². The number of ether oxygens (including phenoxy) is 1. The van der Waals surface area contributed by atoms with Crippen molar-refractivity contribution in [3.8, 4) is 0 Å². The summed E-state index contributed by atoms with van der Waals surface area (Å²) in [4.78, 5) is 12.0. The van der Waals surface area contributed by atoms with E-state index in [1.807, 2.05) is 48.5 Å². The normalized spacial score (nSPS) is 21.0. The minimum absolute atomic E-state index is 0.231. The van der Waals surface area contributed by atoms with E-state index in [9.17, 15) is 13.2 Å². The minimum Gasteiger partial charge on any atom is -0.445 e. The van der Waals surface area contributed by atoms with Gasteiger partial charge in [0, 0.05) is 12.0 Å². The zero-order valence-corrected chi connectivity index (χ0v) is 18.8. The number of alkyl carbamates (subject to hydrolysis) is 1. The average molecular weight is 446 g/mol. The fourth-order valence-corrected chi connectivity index (χ4v) is 5.17. The Kier molecular flexibility index (Phi) is 8.09. The number of benzene rings is 2. The van der Waals surface area contributed by atoms with Crippen LogP contribution in [-0.2, 0) is 32.1 Å². The second kappa shape index (κ2) is 10.8. The topological polar surface area (TPSA) is 81.7 Å². The van der Waals surface area contributed by atoms with Crippen molar-refractivity contribution in [2.24, 2.45) is 5.41 Å².